The van der Waals surface area contributed by atoms with Gasteiger partial charge in [0.05, 0.1) is 6.61 Å². The van der Waals surface area contributed by atoms with E-state index in [0.717, 1.165) is 15.6 Å². The first-order valence-electron chi connectivity index (χ1n) is 5.12. The highest BCUT2D eigenvalue weighted by Gasteiger charge is 2.24. The summed E-state index contributed by atoms with van der Waals surface area (Å²) in [6.07, 6.45) is 0. The van der Waals surface area contributed by atoms with E-state index >= 15 is 0 Å². The highest BCUT2D eigenvalue weighted by molar-refractivity contribution is 9.10. The lowest BCUT2D eigenvalue weighted by atomic mass is 10.1. The van der Waals surface area contributed by atoms with Gasteiger partial charge in [0.2, 0.25) is 0 Å². The monoisotopic (exact) mass is 281 g/mol. The average molecular weight is 282 g/mol. The van der Waals surface area contributed by atoms with E-state index in [1.54, 1.807) is 0 Å². The zero-order valence-electron chi connectivity index (χ0n) is 8.92. The number of hydrogen-bond acceptors (Lipinski definition) is 2. The van der Waals surface area contributed by atoms with Crippen LogP contribution in [0.15, 0.2) is 34.5 Å². The van der Waals surface area contributed by atoms with Gasteiger partial charge in [0.1, 0.15) is 0 Å². The minimum absolute atomic E-state index is 0.125. The summed E-state index contributed by atoms with van der Waals surface area (Å²) in [6, 6.07) is 7.85. The topological polar surface area (TPSA) is 38.3 Å². The molecule has 0 saturated carbocycles. The van der Waals surface area contributed by atoms with Crippen molar-refractivity contribution < 1.29 is 9.53 Å². The maximum absolute atomic E-state index is 11.5. The van der Waals surface area contributed by atoms with Gasteiger partial charge in [-0.05, 0) is 24.6 Å². The minimum Gasteiger partial charge on any atom is -0.488 e. The van der Waals surface area contributed by atoms with E-state index in [1.807, 2.05) is 31.2 Å². The van der Waals surface area contributed by atoms with Crippen molar-refractivity contribution in [2.75, 3.05) is 13.2 Å². The van der Waals surface area contributed by atoms with E-state index in [4.69, 9.17) is 4.74 Å². The molecule has 84 valence electrons. The lowest BCUT2D eigenvalue weighted by molar-refractivity contribution is -0.119. The van der Waals surface area contributed by atoms with Gasteiger partial charge in [0.15, 0.2) is 5.76 Å². The number of rotatable bonds is 3. The Morgan fingerprint density at radius 2 is 2.06 bits per heavy atom. The van der Waals surface area contributed by atoms with Crippen LogP contribution >= 0.6 is 15.9 Å². The molecule has 2 rings (SSSR count). The Kier molecular flexibility index (Phi) is 3.29. The van der Waals surface area contributed by atoms with Gasteiger partial charge in [-0.15, -0.1) is 0 Å². The van der Waals surface area contributed by atoms with Crippen LogP contribution in [0.3, 0.4) is 0 Å². The van der Waals surface area contributed by atoms with Crippen LogP contribution in [0.4, 0.5) is 0 Å². The minimum atomic E-state index is -0.125. The van der Waals surface area contributed by atoms with Crippen LogP contribution in [0.5, 0.6) is 0 Å². The van der Waals surface area contributed by atoms with Crippen molar-refractivity contribution in [1.82, 2.24) is 5.32 Å². The number of carbonyl (C=O) groups excluding carboxylic acids is 1. The third kappa shape index (κ3) is 2.11. The molecule has 1 amide bonds. The molecule has 0 bridgehead atoms. The number of halogens is 1. The van der Waals surface area contributed by atoms with Crippen molar-refractivity contribution in [3.8, 4) is 0 Å². The van der Waals surface area contributed by atoms with Gasteiger partial charge >= 0.3 is 0 Å². The molecular weight excluding hydrogens is 270 g/mol. The molecule has 0 aromatic heterocycles. The molecule has 1 aliphatic rings. The van der Waals surface area contributed by atoms with E-state index in [0.29, 0.717) is 18.9 Å². The standard InChI is InChI=1S/C12H12BrNO2/c1-2-16-11-10(7-14-12(11)15)8-3-5-9(13)6-4-8/h3-6H,2,7H2,1H3,(H,14,15). The van der Waals surface area contributed by atoms with Crippen molar-refractivity contribution in [3.05, 3.63) is 40.1 Å². The number of ether oxygens (including phenoxy) is 1. The molecule has 4 heteroatoms. The Balaban J connectivity index is 2.37. The van der Waals surface area contributed by atoms with Gasteiger partial charge < -0.3 is 10.1 Å². The summed E-state index contributed by atoms with van der Waals surface area (Å²) >= 11 is 3.38. The second-order valence-corrected chi connectivity index (χ2v) is 4.35. The maximum Gasteiger partial charge on any atom is 0.287 e. The second-order valence-electron chi connectivity index (χ2n) is 3.43. The van der Waals surface area contributed by atoms with Crippen LogP contribution < -0.4 is 5.32 Å². The van der Waals surface area contributed by atoms with E-state index in [2.05, 4.69) is 21.2 Å². The first-order chi connectivity index (χ1) is 7.72. The fourth-order valence-corrected chi connectivity index (χ4v) is 1.91. The first-order valence-corrected chi connectivity index (χ1v) is 5.91. The maximum atomic E-state index is 11.5. The fourth-order valence-electron chi connectivity index (χ4n) is 1.65. The molecule has 0 radical (unpaired) electrons. The number of amides is 1. The van der Waals surface area contributed by atoms with Gasteiger partial charge in [-0.25, -0.2) is 0 Å². The predicted octanol–water partition coefficient (Wildman–Crippen LogP) is 2.33. The van der Waals surface area contributed by atoms with Crippen LogP contribution in [0, 0.1) is 0 Å². The van der Waals surface area contributed by atoms with E-state index in [9.17, 15) is 4.79 Å². The zero-order valence-corrected chi connectivity index (χ0v) is 10.5. The Labute approximate surface area is 103 Å². The summed E-state index contributed by atoms with van der Waals surface area (Å²) < 4.78 is 6.39. The largest absolute Gasteiger partial charge is 0.488 e. The van der Waals surface area contributed by atoms with Crippen molar-refractivity contribution in [3.63, 3.8) is 0 Å². The van der Waals surface area contributed by atoms with Crippen LogP contribution in [0.1, 0.15) is 12.5 Å². The van der Waals surface area contributed by atoms with Gasteiger partial charge in [0.25, 0.3) is 5.91 Å². The molecule has 1 aromatic carbocycles. The predicted molar refractivity (Wildman–Crippen MR) is 65.7 cm³/mol. The molecule has 1 heterocycles. The SMILES string of the molecule is CCOC1=C(c2ccc(Br)cc2)CNC1=O. The molecule has 3 nitrogen and oxygen atoms in total. The van der Waals surface area contributed by atoms with Crippen molar-refractivity contribution in [1.29, 1.82) is 0 Å². The highest BCUT2D eigenvalue weighted by atomic mass is 79.9. The van der Waals surface area contributed by atoms with Crippen molar-refractivity contribution in [2.24, 2.45) is 0 Å². The molecule has 0 unspecified atom stereocenters. The van der Waals surface area contributed by atoms with Crippen molar-refractivity contribution in [2.45, 2.75) is 6.92 Å². The Morgan fingerprint density at radius 3 is 2.69 bits per heavy atom. The second kappa shape index (κ2) is 4.70. The normalized spacial score (nSPS) is 15.2. The Hall–Kier alpha value is -1.29. The summed E-state index contributed by atoms with van der Waals surface area (Å²) in [6.45, 7) is 2.91. The van der Waals surface area contributed by atoms with Gasteiger partial charge in [0, 0.05) is 16.6 Å². The summed E-state index contributed by atoms with van der Waals surface area (Å²) in [7, 11) is 0. The van der Waals surface area contributed by atoms with Crippen molar-refractivity contribution >= 4 is 27.4 Å². The summed E-state index contributed by atoms with van der Waals surface area (Å²) in [4.78, 5) is 11.5. The molecule has 0 fully saturated rings. The molecule has 0 saturated heterocycles. The summed E-state index contributed by atoms with van der Waals surface area (Å²) in [5.74, 6) is 0.324. The van der Waals surface area contributed by atoms with Gasteiger partial charge in [-0.3, -0.25) is 4.79 Å². The molecule has 1 N–H and O–H groups in total. The molecule has 1 aromatic rings. The number of nitrogens with one attached hydrogen (secondary N) is 1. The summed E-state index contributed by atoms with van der Waals surface area (Å²) in [5, 5.41) is 2.77. The molecule has 16 heavy (non-hydrogen) atoms. The summed E-state index contributed by atoms with van der Waals surface area (Å²) in [5.41, 5.74) is 1.95. The first kappa shape index (κ1) is 11.2. The fraction of sp³-hybridized carbons (Fsp3) is 0.250. The van der Waals surface area contributed by atoms with E-state index in [1.165, 1.54) is 0 Å². The van der Waals surface area contributed by atoms with Crippen LogP contribution in [0.2, 0.25) is 0 Å². The molecule has 0 spiro atoms. The smallest absolute Gasteiger partial charge is 0.287 e. The Bertz CT molecular complexity index is 437. The third-order valence-corrected chi connectivity index (χ3v) is 2.92. The van der Waals surface area contributed by atoms with E-state index in [-0.39, 0.29) is 5.91 Å². The van der Waals surface area contributed by atoms with Crippen LogP contribution in [0.25, 0.3) is 5.57 Å². The molecule has 0 atom stereocenters. The van der Waals surface area contributed by atoms with Crippen LogP contribution in [-0.4, -0.2) is 19.1 Å². The number of benzene rings is 1. The number of hydrogen-bond donors (Lipinski definition) is 1. The van der Waals surface area contributed by atoms with Crippen LogP contribution in [-0.2, 0) is 9.53 Å². The number of carbonyl (C=O) groups is 1. The molecule has 1 aliphatic heterocycles. The lowest BCUT2D eigenvalue weighted by Gasteiger charge is -2.05. The quantitative estimate of drug-likeness (QED) is 0.924. The molecule has 0 aliphatic carbocycles. The average Bonchev–Trinajstić information content (AvgIpc) is 2.63. The van der Waals surface area contributed by atoms with Gasteiger partial charge in [-0.2, -0.15) is 0 Å². The van der Waals surface area contributed by atoms with E-state index < -0.39 is 0 Å². The third-order valence-electron chi connectivity index (χ3n) is 2.39. The highest BCUT2D eigenvalue weighted by Crippen LogP contribution is 2.24. The zero-order chi connectivity index (χ0) is 11.5. The van der Waals surface area contributed by atoms with Gasteiger partial charge in [-0.1, -0.05) is 28.1 Å². The lowest BCUT2D eigenvalue weighted by Crippen LogP contribution is -2.18. The Morgan fingerprint density at radius 1 is 1.38 bits per heavy atom. The molecular formula is C12H12BrNO2.